The highest BCUT2D eigenvalue weighted by Crippen LogP contribution is 2.35. The second-order valence-corrected chi connectivity index (χ2v) is 8.77. The Morgan fingerprint density at radius 2 is 1.75 bits per heavy atom. The van der Waals surface area contributed by atoms with Crippen molar-refractivity contribution in [2.45, 2.75) is 57.4 Å². The summed E-state index contributed by atoms with van der Waals surface area (Å²) in [5, 5.41) is 0. The van der Waals surface area contributed by atoms with Crippen LogP contribution < -0.4 is 0 Å². The number of carbonyl (C=O) groups excluding carboxylic acids is 3. The fraction of sp³-hybridized carbons (Fsp3) is 0.591. The largest absolute Gasteiger partial charge is 0.467 e. The van der Waals surface area contributed by atoms with Gasteiger partial charge in [0.2, 0.25) is 5.91 Å². The first-order valence-corrected chi connectivity index (χ1v) is 11.0. The average molecular weight is 450 g/mol. The lowest BCUT2D eigenvalue weighted by Crippen LogP contribution is -2.46. The Morgan fingerprint density at radius 1 is 1.07 bits per heavy atom. The minimum absolute atomic E-state index is 0.00904. The zero-order valence-electron chi connectivity index (χ0n) is 16.4. The number of nitrogens with zero attached hydrogens (tertiary/aromatic N) is 1. The molecule has 2 fully saturated rings. The number of ketones is 1. The molecule has 0 aromatic heterocycles. The van der Waals surface area contributed by atoms with E-state index in [9.17, 15) is 14.4 Å². The number of hydrogen-bond donors (Lipinski definition) is 0. The molecule has 1 saturated carbocycles. The molecule has 0 bridgehead atoms. The summed E-state index contributed by atoms with van der Waals surface area (Å²) in [6, 6.07) is 6.77. The molecule has 1 aliphatic heterocycles. The number of likely N-dealkylation sites (tertiary alicyclic amines) is 1. The second kappa shape index (κ2) is 9.68. The smallest absolute Gasteiger partial charge is 0.328 e. The Kier molecular flexibility index (Phi) is 7.27. The summed E-state index contributed by atoms with van der Waals surface area (Å²) < 4.78 is 5.82. The minimum Gasteiger partial charge on any atom is -0.467 e. The van der Waals surface area contributed by atoms with Crippen LogP contribution in [0.4, 0.5) is 0 Å². The van der Waals surface area contributed by atoms with Gasteiger partial charge in [0.25, 0.3) is 0 Å². The molecule has 2 aliphatic rings. The maximum atomic E-state index is 13.5. The number of methoxy groups -OCH3 is 1. The van der Waals surface area contributed by atoms with E-state index in [2.05, 4.69) is 15.9 Å². The first-order chi connectivity index (χ1) is 13.5. The summed E-state index contributed by atoms with van der Waals surface area (Å²) in [6.45, 7) is 0.564. The van der Waals surface area contributed by atoms with Gasteiger partial charge in [-0.15, -0.1) is 0 Å². The molecule has 28 heavy (non-hydrogen) atoms. The maximum absolute atomic E-state index is 13.5. The normalized spacial score (nSPS) is 21.4. The second-order valence-electron chi connectivity index (χ2n) is 7.85. The number of Topliss-reactive ketones (excluding diaryl/α,β-unsaturated/α-hetero) is 1. The van der Waals surface area contributed by atoms with Crippen LogP contribution in [0.25, 0.3) is 0 Å². The molecule has 1 saturated heterocycles. The van der Waals surface area contributed by atoms with E-state index in [-0.39, 0.29) is 35.9 Å². The molecular formula is C22H28BrNO4. The van der Waals surface area contributed by atoms with Crippen LogP contribution in [0.1, 0.15) is 61.7 Å². The quantitative estimate of drug-likeness (QED) is 0.477. The van der Waals surface area contributed by atoms with Crippen molar-refractivity contribution < 1.29 is 19.1 Å². The third-order valence-corrected chi connectivity index (χ3v) is 6.65. The van der Waals surface area contributed by atoms with E-state index >= 15 is 0 Å². The van der Waals surface area contributed by atoms with Crippen molar-refractivity contribution in [1.82, 2.24) is 4.90 Å². The van der Waals surface area contributed by atoms with Crippen molar-refractivity contribution in [3.63, 3.8) is 0 Å². The number of amides is 1. The molecule has 152 valence electrons. The molecule has 0 spiro atoms. The lowest BCUT2D eigenvalue weighted by molar-refractivity contribution is -0.153. The molecule has 5 nitrogen and oxygen atoms in total. The number of hydrogen-bond acceptors (Lipinski definition) is 4. The predicted molar refractivity (Wildman–Crippen MR) is 110 cm³/mol. The standard InChI is InChI=1S/C22H28BrNO4/c1-28-22(27)19-8-5-13-24(19)21(26)18(15-6-3-2-4-7-15)14-20(25)16-9-11-17(23)12-10-16/h9-12,15,18-19H,2-8,13-14H2,1H3/t18-,19-/m0/s1. The van der Waals surface area contributed by atoms with Crippen molar-refractivity contribution in [1.29, 1.82) is 0 Å². The molecule has 1 aromatic rings. The predicted octanol–water partition coefficient (Wildman–Crippen LogP) is 4.38. The third kappa shape index (κ3) is 4.83. The van der Waals surface area contributed by atoms with E-state index in [1.807, 2.05) is 12.1 Å². The van der Waals surface area contributed by atoms with Crippen LogP contribution in [0.15, 0.2) is 28.7 Å². The molecule has 0 radical (unpaired) electrons. The SMILES string of the molecule is COC(=O)[C@@H]1CCCN1C(=O)[C@@H](CC(=O)c1ccc(Br)cc1)C1CCCCC1. The summed E-state index contributed by atoms with van der Waals surface area (Å²) in [6.07, 6.45) is 6.96. The molecule has 2 atom stereocenters. The molecule has 6 heteroatoms. The topological polar surface area (TPSA) is 63.7 Å². The lowest BCUT2D eigenvalue weighted by Gasteiger charge is -2.33. The van der Waals surface area contributed by atoms with Gasteiger partial charge in [-0.2, -0.15) is 0 Å². The van der Waals surface area contributed by atoms with Gasteiger partial charge >= 0.3 is 5.97 Å². The average Bonchev–Trinajstić information content (AvgIpc) is 3.22. The summed E-state index contributed by atoms with van der Waals surface area (Å²) in [4.78, 5) is 40.2. The number of ether oxygens (including phenoxy) is 1. The van der Waals surface area contributed by atoms with Gasteiger partial charge in [-0.05, 0) is 43.7 Å². The van der Waals surface area contributed by atoms with Crippen LogP contribution in [-0.4, -0.2) is 42.3 Å². The van der Waals surface area contributed by atoms with E-state index in [0.717, 1.165) is 36.6 Å². The molecular weight excluding hydrogens is 422 g/mol. The highest BCUT2D eigenvalue weighted by atomic mass is 79.9. The molecule has 1 amide bonds. The van der Waals surface area contributed by atoms with E-state index < -0.39 is 6.04 Å². The van der Waals surface area contributed by atoms with E-state index in [0.29, 0.717) is 18.5 Å². The molecule has 1 heterocycles. The fourth-order valence-electron chi connectivity index (χ4n) is 4.57. The number of benzene rings is 1. The summed E-state index contributed by atoms with van der Waals surface area (Å²) in [7, 11) is 1.36. The van der Waals surface area contributed by atoms with Gasteiger partial charge in [0.05, 0.1) is 7.11 Å². The fourth-order valence-corrected chi connectivity index (χ4v) is 4.83. The van der Waals surface area contributed by atoms with Crippen molar-refractivity contribution in [2.75, 3.05) is 13.7 Å². The third-order valence-electron chi connectivity index (χ3n) is 6.12. The van der Waals surface area contributed by atoms with Crippen LogP contribution in [0, 0.1) is 11.8 Å². The van der Waals surface area contributed by atoms with Gasteiger partial charge in [0, 0.05) is 28.9 Å². The first-order valence-electron chi connectivity index (χ1n) is 10.2. The maximum Gasteiger partial charge on any atom is 0.328 e. The van der Waals surface area contributed by atoms with Crippen molar-refractivity contribution in [3.8, 4) is 0 Å². The van der Waals surface area contributed by atoms with Crippen molar-refractivity contribution in [2.24, 2.45) is 11.8 Å². The monoisotopic (exact) mass is 449 g/mol. The number of carbonyl (C=O) groups is 3. The highest BCUT2D eigenvalue weighted by molar-refractivity contribution is 9.10. The van der Waals surface area contributed by atoms with Gasteiger partial charge in [0.15, 0.2) is 5.78 Å². The lowest BCUT2D eigenvalue weighted by atomic mass is 9.76. The van der Waals surface area contributed by atoms with Crippen LogP contribution in [-0.2, 0) is 14.3 Å². The van der Waals surface area contributed by atoms with Crippen molar-refractivity contribution >= 4 is 33.6 Å². The van der Waals surface area contributed by atoms with Gasteiger partial charge in [0.1, 0.15) is 6.04 Å². The van der Waals surface area contributed by atoms with Crippen LogP contribution in [0.5, 0.6) is 0 Å². The Balaban J connectivity index is 1.80. The van der Waals surface area contributed by atoms with Gasteiger partial charge in [-0.25, -0.2) is 4.79 Å². The number of halogens is 1. The molecule has 0 N–H and O–H groups in total. The summed E-state index contributed by atoms with van der Waals surface area (Å²) >= 11 is 3.39. The molecule has 1 aliphatic carbocycles. The van der Waals surface area contributed by atoms with Crippen LogP contribution in [0.2, 0.25) is 0 Å². The Bertz CT molecular complexity index is 712. The summed E-state index contributed by atoms with van der Waals surface area (Å²) in [5.74, 6) is -0.566. The number of esters is 1. The van der Waals surface area contributed by atoms with Crippen LogP contribution in [0.3, 0.4) is 0 Å². The van der Waals surface area contributed by atoms with E-state index in [4.69, 9.17) is 4.74 Å². The van der Waals surface area contributed by atoms with Gasteiger partial charge < -0.3 is 9.64 Å². The van der Waals surface area contributed by atoms with Gasteiger partial charge in [-0.1, -0.05) is 47.3 Å². The van der Waals surface area contributed by atoms with Gasteiger partial charge in [-0.3, -0.25) is 9.59 Å². The Hall–Kier alpha value is -1.69. The first kappa shape index (κ1) is 21.0. The molecule has 3 rings (SSSR count). The summed E-state index contributed by atoms with van der Waals surface area (Å²) in [5.41, 5.74) is 0.628. The van der Waals surface area contributed by atoms with Crippen molar-refractivity contribution in [3.05, 3.63) is 34.3 Å². The van der Waals surface area contributed by atoms with Crippen LogP contribution >= 0.6 is 15.9 Å². The zero-order chi connectivity index (χ0) is 20.1. The van der Waals surface area contributed by atoms with E-state index in [1.165, 1.54) is 13.5 Å². The Labute approximate surface area is 174 Å². The Morgan fingerprint density at radius 3 is 2.39 bits per heavy atom. The van der Waals surface area contributed by atoms with E-state index in [1.54, 1.807) is 17.0 Å². The minimum atomic E-state index is -0.508. The highest BCUT2D eigenvalue weighted by Gasteiger charge is 2.41. The zero-order valence-corrected chi connectivity index (χ0v) is 17.9. The molecule has 0 unspecified atom stereocenters. The molecule has 1 aromatic carbocycles. The number of rotatable bonds is 6.